The van der Waals surface area contributed by atoms with Gasteiger partial charge in [0.1, 0.15) is 12.0 Å². The molecule has 2 aromatic rings. The maximum Gasteiger partial charge on any atom is 0.274 e. The summed E-state index contributed by atoms with van der Waals surface area (Å²) in [6, 6.07) is 5.25. The predicted molar refractivity (Wildman–Crippen MR) is 86.2 cm³/mol. The molecular formula is C17H19N3O3. The van der Waals surface area contributed by atoms with Crippen molar-refractivity contribution in [3.8, 4) is 11.5 Å². The van der Waals surface area contributed by atoms with Gasteiger partial charge < -0.3 is 14.8 Å². The number of carbonyl (C=O) groups is 1. The van der Waals surface area contributed by atoms with Crippen LogP contribution in [0.25, 0.3) is 0 Å². The molecule has 0 spiro atoms. The summed E-state index contributed by atoms with van der Waals surface area (Å²) in [6.45, 7) is 0. The molecule has 0 fully saturated rings. The Morgan fingerprint density at radius 3 is 2.65 bits per heavy atom. The van der Waals surface area contributed by atoms with Crippen LogP contribution in [-0.4, -0.2) is 30.1 Å². The van der Waals surface area contributed by atoms with Crippen LogP contribution < -0.4 is 14.8 Å². The Labute approximate surface area is 134 Å². The van der Waals surface area contributed by atoms with E-state index in [-0.39, 0.29) is 5.91 Å². The molecule has 23 heavy (non-hydrogen) atoms. The van der Waals surface area contributed by atoms with E-state index in [1.165, 1.54) is 6.33 Å². The topological polar surface area (TPSA) is 73.3 Å². The second-order valence-electron chi connectivity index (χ2n) is 5.38. The molecule has 1 amide bonds. The number of rotatable bonds is 4. The van der Waals surface area contributed by atoms with Crippen molar-refractivity contribution < 1.29 is 14.3 Å². The van der Waals surface area contributed by atoms with Crippen LogP contribution in [0.3, 0.4) is 0 Å². The number of carbonyl (C=O) groups excluding carboxylic acids is 1. The SMILES string of the molecule is COc1ccc(NC(=O)c2ncnc3c2CCCC3)cc1OC. The van der Waals surface area contributed by atoms with Gasteiger partial charge in [-0.25, -0.2) is 9.97 Å². The summed E-state index contributed by atoms with van der Waals surface area (Å²) in [5.41, 5.74) is 3.06. The van der Waals surface area contributed by atoms with Crippen LogP contribution in [0.4, 0.5) is 5.69 Å². The quantitative estimate of drug-likeness (QED) is 0.939. The Kier molecular flexibility index (Phi) is 4.41. The van der Waals surface area contributed by atoms with E-state index < -0.39 is 0 Å². The van der Waals surface area contributed by atoms with Crippen molar-refractivity contribution in [1.82, 2.24) is 9.97 Å². The van der Waals surface area contributed by atoms with Crippen LogP contribution >= 0.6 is 0 Å². The normalized spacial score (nSPS) is 13.1. The molecule has 0 bridgehead atoms. The standard InChI is InChI=1S/C17H19N3O3/c1-22-14-8-7-11(9-15(14)23-2)20-17(21)16-12-5-3-4-6-13(12)18-10-19-16/h7-10H,3-6H2,1-2H3,(H,20,21). The van der Waals surface area contributed by atoms with E-state index in [4.69, 9.17) is 9.47 Å². The summed E-state index contributed by atoms with van der Waals surface area (Å²) in [6.07, 6.45) is 5.41. The van der Waals surface area contributed by atoms with E-state index in [2.05, 4.69) is 15.3 Å². The second-order valence-corrected chi connectivity index (χ2v) is 5.38. The Balaban J connectivity index is 1.85. The monoisotopic (exact) mass is 313 g/mol. The number of anilines is 1. The number of ether oxygens (including phenoxy) is 2. The first kappa shape index (κ1) is 15.3. The van der Waals surface area contributed by atoms with Gasteiger partial charge in [-0.2, -0.15) is 0 Å². The van der Waals surface area contributed by atoms with Gasteiger partial charge in [0.25, 0.3) is 5.91 Å². The zero-order valence-corrected chi connectivity index (χ0v) is 13.3. The molecule has 0 saturated heterocycles. The lowest BCUT2D eigenvalue weighted by Gasteiger charge is -2.17. The fraction of sp³-hybridized carbons (Fsp3) is 0.353. The molecule has 0 saturated carbocycles. The van der Waals surface area contributed by atoms with Gasteiger partial charge in [0, 0.05) is 23.0 Å². The van der Waals surface area contributed by atoms with Gasteiger partial charge in [-0.1, -0.05) is 0 Å². The zero-order valence-electron chi connectivity index (χ0n) is 13.3. The molecular weight excluding hydrogens is 294 g/mol. The van der Waals surface area contributed by atoms with Crippen molar-refractivity contribution in [3.05, 3.63) is 41.5 Å². The summed E-state index contributed by atoms with van der Waals surface area (Å²) < 4.78 is 10.4. The molecule has 120 valence electrons. The molecule has 6 heteroatoms. The van der Waals surface area contributed by atoms with Gasteiger partial charge in [0.05, 0.1) is 14.2 Å². The molecule has 0 unspecified atom stereocenters. The maximum atomic E-state index is 12.6. The first-order chi connectivity index (χ1) is 11.2. The summed E-state index contributed by atoms with van der Waals surface area (Å²) in [7, 11) is 3.13. The minimum atomic E-state index is -0.224. The molecule has 3 rings (SSSR count). The number of aryl methyl sites for hydroxylation is 1. The Hall–Kier alpha value is -2.63. The third-order valence-corrected chi connectivity index (χ3v) is 3.98. The molecule has 1 aromatic heterocycles. The maximum absolute atomic E-state index is 12.6. The average molecular weight is 313 g/mol. The van der Waals surface area contributed by atoms with Crippen LogP contribution in [0, 0.1) is 0 Å². The highest BCUT2D eigenvalue weighted by Gasteiger charge is 2.20. The van der Waals surface area contributed by atoms with E-state index in [9.17, 15) is 4.79 Å². The summed E-state index contributed by atoms with van der Waals surface area (Å²) in [5.74, 6) is 0.956. The fourth-order valence-electron chi connectivity index (χ4n) is 2.82. The summed E-state index contributed by atoms with van der Waals surface area (Å²) >= 11 is 0. The van der Waals surface area contributed by atoms with E-state index in [0.29, 0.717) is 22.9 Å². The largest absolute Gasteiger partial charge is 0.493 e. The van der Waals surface area contributed by atoms with Crippen molar-refractivity contribution in [2.75, 3.05) is 19.5 Å². The minimum Gasteiger partial charge on any atom is -0.493 e. The van der Waals surface area contributed by atoms with E-state index in [1.54, 1.807) is 32.4 Å². The molecule has 0 atom stereocenters. The number of aromatic nitrogens is 2. The average Bonchev–Trinajstić information content (AvgIpc) is 2.61. The number of hydrogen-bond donors (Lipinski definition) is 1. The summed E-state index contributed by atoms with van der Waals surface area (Å²) in [4.78, 5) is 21.0. The van der Waals surface area contributed by atoms with Crippen LogP contribution in [0.1, 0.15) is 34.6 Å². The Morgan fingerprint density at radius 1 is 1.09 bits per heavy atom. The van der Waals surface area contributed by atoms with Crippen molar-refractivity contribution in [2.45, 2.75) is 25.7 Å². The molecule has 6 nitrogen and oxygen atoms in total. The number of hydrogen-bond acceptors (Lipinski definition) is 5. The fourth-order valence-corrected chi connectivity index (χ4v) is 2.82. The zero-order chi connectivity index (χ0) is 16.2. The Bertz CT molecular complexity index is 731. The highest BCUT2D eigenvalue weighted by molar-refractivity contribution is 6.04. The highest BCUT2D eigenvalue weighted by Crippen LogP contribution is 2.30. The van der Waals surface area contributed by atoms with E-state index >= 15 is 0 Å². The summed E-state index contributed by atoms with van der Waals surface area (Å²) in [5, 5.41) is 2.87. The van der Waals surface area contributed by atoms with Crippen LogP contribution in [-0.2, 0) is 12.8 Å². The highest BCUT2D eigenvalue weighted by atomic mass is 16.5. The van der Waals surface area contributed by atoms with Crippen molar-refractivity contribution in [1.29, 1.82) is 0 Å². The first-order valence-corrected chi connectivity index (χ1v) is 7.59. The van der Waals surface area contributed by atoms with Gasteiger partial charge in [-0.15, -0.1) is 0 Å². The lowest BCUT2D eigenvalue weighted by Crippen LogP contribution is -2.20. The third-order valence-electron chi connectivity index (χ3n) is 3.98. The van der Waals surface area contributed by atoms with Crippen LogP contribution in [0.15, 0.2) is 24.5 Å². The lowest BCUT2D eigenvalue weighted by atomic mass is 9.94. The molecule has 1 aromatic carbocycles. The molecule has 0 radical (unpaired) electrons. The van der Waals surface area contributed by atoms with Gasteiger partial charge >= 0.3 is 0 Å². The molecule has 1 aliphatic rings. The van der Waals surface area contributed by atoms with E-state index in [1.807, 2.05) is 0 Å². The number of methoxy groups -OCH3 is 2. The van der Waals surface area contributed by atoms with Crippen molar-refractivity contribution in [3.63, 3.8) is 0 Å². The number of fused-ring (bicyclic) bond motifs is 1. The number of benzene rings is 1. The smallest absolute Gasteiger partial charge is 0.274 e. The van der Waals surface area contributed by atoms with Crippen LogP contribution in [0.5, 0.6) is 11.5 Å². The lowest BCUT2D eigenvalue weighted by molar-refractivity contribution is 0.102. The van der Waals surface area contributed by atoms with Gasteiger partial charge in [0.15, 0.2) is 11.5 Å². The van der Waals surface area contributed by atoms with Crippen molar-refractivity contribution >= 4 is 11.6 Å². The predicted octanol–water partition coefficient (Wildman–Crippen LogP) is 2.62. The molecule has 1 aliphatic carbocycles. The number of nitrogens with zero attached hydrogens (tertiary/aromatic N) is 2. The minimum absolute atomic E-state index is 0.224. The van der Waals surface area contributed by atoms with Gasteiger partial charge in [0.2, 0.25) is 0 Å². The Morgan fingerprint density at radius 2 is 1.87 bits per heavy atom. The van der Waals surface area contributed by atoms with Crippen LogP contribution in [0.2, 0.25) is 0 Å². The third kappa shape index (κ3) is 3.11. The molecule has 1 heterocycles. The van der Waals surface area contributed by atoms with Gasteiger partial charge in [-0.3, -0.25) is 4.79 Å². The van der Waals surface area contributed by atoms with Crippen molar-refractivity contribution in [2.24, 2.45) is 0 Å². The first-order valence-electron chi connectivity index (χ1n) is 7.59. The van der Waals surface area contributed by atoms with Gasteiger partial charge in [-0.05, 0) is 37.8 Å². The number of amides is 1. The number of nitrogens with one attached hydrogen (secondary N) is 1. The second kappa shape index (κ2) is 6.64. The molecule has 0 aliphatic heterocycles. The molecule has 1 N–H and O–H groups in total. The van der Waals surface area contributed by atoms with E-state index in [0.717, 1.165) is 36.9 Å².